The van der Waals surface area contributed by atoms with Crippen molar-refractivity contribution in [2.45, 2.75) is 0 Å². The molecule has 0 bridgehead atoms. The van der Waals surface area contributed by atoms with Gasteiger partial charge in [-0.3, -0.25) is 0 Å². The Bertz CT molecular complexity index is 147. The fourth-order valence-corrected chi connectivity index (χ4v) is 0.753. The summed E-state index contributed by atoms with van der Waals surface area (Å²) in [4.78, 5) is 0. The summed E-state index contributed by atoms with van der Waals surface area (Å²) in [6.45, 7) is 2.91. The van der Waals surface area contributed by atoms with Gasteiger partial charge in [0.15, 0.2) is 0 Å². The van der Waals surface area contributed by atoms with Crippen LogP contribution in [-0.4, -0.2) is 82.7 Å². The van der Waals surface area contributed by atoms with Crippen LogP contribution in [0, 0.1) is 0 Å². The zero-order valence-electron chi connectivity index (χ0n) is 11.7. The van der Waals surface area contributed by atoms with Crippen LogP contribution in [0.4, 0.5) is 0 Å². The first kappa shape index (κ1) is 26.8. The van der Waals surface area contributed by atoms with Crippen LogP contribution in [-0.2, 0) is 3.83 Å². The predicted octanol–water partition coefficient (Wildman–Crippen LogP) is -5.29. The molecular weight excluding hydrogens is 420 g/mol. The summed E-state index contributed by atoms with van der Waals surface area (Å²) >= 11 is 2.89. The third kappa shape index (κ3) is 38.2. The first-order valence-corrected chi connectivity index (χ1v) is 5.72. The lowest BCUT2D eigenvalue weighted by Crippen LogP contribution is -3.00. The molecule has 0 saturated carbocycles. The van der Waals surface area contributed by atoms with E-state index in [9.17, 15) is 0 Å². The smallest absolute Gasteiger partial charge is 0.110 e. The van der Waals surface area contributed by atoms with Gasteiger partial charge in [0, 0.05) is 0 Å². The van der Waals surface area contributed by atoms with Crippen LogP contribution in [0.3, 0.4) is 0 Å². The van der Waals surface area contributed by atoms with Gasteiger partial charge in [0.1, 0.15) is 19.7 Å². The van der Waals surface area contributed by atoms with Crippen LogP contribution >= 0.6 is 16.3 Å². The molecular formula is C10H27Br3N2O2. The van der Waals surface area contributed by atoms with E-state index in [1.807, 2.05) is 0 Å². The lowest BCUT2D eigenvalue weighted by atomic mass is 10.5. The Kier molecular flexibility index (Phi) is 21.6. The molecule has 0 aliphatic heterocycles. The van der Waals surface area contributed by atoms with E-state index >= 15 is 0 Å². The van der Waals surface area contributed by atoms with Crippen molar-refractivity contribution in [1.82, 2.24) is 0 Å². The molecule has 0 aromatic heterocycles. The highest BCUT2D eigenvalue weighted by atomic mass is 79.9. The highest BCUT2D eigenvalue weighted by Crippen LogP contribution is 1.91. The van der Waals surface area contributed by atoms with E-state index in [2.05, 4.69) is 58.5 Å². The Morgan fingerprint density at radius 2 is 1.24 bits per heavy atom. The molecule has 0 aliphatic rings. The number of aliphatic hydroxyl groups excluding tert-OH is 1. The Balaban J connectivity index is -0.0000000896. The molecule has 0 rings (SSSR count). The minimum absolute atomic E-state index is 0. The summed E-state index contributed by atoms with van der Waals surface area (Å²) < 4.78 is 6.51. The van der Waals surface area contributed by atoms with Crippen molar-refractivity contribution in [3.05, 3.63) is 0 Å². The highest BCUT2D eigenvalue weighted by Gasteiger charge is 2.04. The van der Waals surface area contributed by atoms with E-state index in [1.165, 1.54) is 0 Å². The second-order valence-electron chi connectivity index (χ2n) is 5.56. The molecule has 1 N–H and O–H groups in total. The van der Waals surface area contributed by atoms with Gasteiger partial charge >= 0.3 is 0 Å². The normalized spacial score (nSPS) is 10.6. The van der Waals surface area contributed by atoms with Crippen LogP contribution in [0.15, 0.2) is 0 Å². The van der Waals surface area contributed by atoms with E-state index < -0.39 is 0 Å². The number of likely N-dealkylation sites (N-methyl/N-ethyl adjacent to an activating group) is 2. The molecule has 0 aromatic rings. The second kappa shape index (κ2) is 13.7. The van der Waals surface area contributed by atoms with E-state index in [-0.39, 0.29) is 40.6 Å². The number of quaternary nitrogens is 2. The topological polar surface area (TPSA) is 29.5 Å². The predicted molar refractivity (Wildman–Crippen MR) is 67.8 cm³/mol. The first-order valence-electron chi connectivity index (χ1n) is 5.07. The SMILES string of the molecule is C[N+](C)(C)CCO.C[N+](C)(C)CCOBr.[Br-].[Br-]. The molecule has 0 fully saturated rings. The molecule has 7 heteroatoms. The van der Waals surface area contributed by atoms with E-state index in [4.69, 9.17) is 8.93 Å². The fraction of sp³-hybridized carbons (Fsp3) is 1.00. The van der Waals surface area contributed by atoms with Gasteiger partial charge in [-0.25, -0.2) is 0 Å². The maximum absolute atomic E-state index is 8.39. The summed E-state index contributed by atoms with van der Waals surface area (Å²) in [6.07, 6.45) is 0. The molecule has 0 aliphatic carbocycles. The first-order chi connectivity index (χ1) is 6.62. The van der Waals surface area contributed by atoms with Gasteiger partial charge in [0.25, 0.3) is 0 Å². The van der Waals surface area contributed by atoms with Crippen LogP contribution in [0.25, 0.3) is 0 Å². The third-order valence-electron chi connectivity index (χ3n) is 1.61. The van der Waals surface area contributed by atoms with Crippen molar-refractivity contribution < 1.29 is 51.9 Å². The van der Waals surface area contributed by atoms with Gasteiger partial charge in [0.05, 0.1) is 65.2 Å². The molecule has 0 atom stereocenters. The molecule has 0 amide bonds. The van der Waals surface area contributed by atoms with Crippen LogP contribution < -0.4 is 34.0 Å². The minimum Gasteiger partial charge on any atom is -1.00 e. The Morgan fingerprint density at radius 1 is 0.882 bits per heavy atom. The number of hydrogen-bond donors (Lipinski definition) is 1. The number of hydrogen-bond acceptors (Lipinski definition) is 2. The second-order valence-corrected chi connectivity index (χ2v) is 6.02. The van der Waals surface area contributed by atoms with Crippen molar-refractivity contribution in [2.24, 2.45) is 0 Å². The van der Waals surface area contributed by atoms with E-state index in [1.54, 1.807) is 0 Å². The summed E-state index contributed by atoms with van der Waals surface area (Å²) in [5.41, 5.74) is 0. The van der Waals surface area contributed by atoms with E-state index in [0.29, 0.717) is 0 Å². The Hall–Kier alpha value is 1.28. The quantitative estimate of drug-likeness (QED) is 0.428. The summed E-state index contributed by atoms with van der Waals surface area (Å²) in [5.74, 6) is 0. The summed E-state index contributed by atoms with van der Waals surface area (Å²) in [7, 11) is 12.5. The lowest BCUT2D eigenvalue weighted by molar-refractivity contribution is -0.870. The van der Waals surface area contributed by atoms with Crippen molar-refractivity contribution in [1.29, 1.82) is 0 Å². The van der Waals surface area contributed by atoms with Crippen LogP contribution in [0.2, 0.25) is 0 Å². The molecule has 0 spiro atoms. The number of aliphatic hydroxyl groups is 1. The maximum atomic E-state index is 8.39. The van der Waals surface area contributed by atoms with Crippen molar-refractivity contribution in [3.63, 3.8) is 0 Å². The van der Waals surface area contributed by atoms with Gasteiger partial charge in [-0.15, -0.1) is 0 Å². The van der Waals surface area contributed by atoms with Gasteiger partial charge in [-0.05, 0) is 0 Å². The maximum Gasteiger partial charge on any atom is 0.110 e. The van der Waals surface area contributed by atoms with Gasteiger partial charge in [0.2, 0.25) is 0 Å². The van der Waals surface area contributed by atoms with Crippen LogP contribution in [0.1, 0.15) is 0 Å². The summed E-state index contributed by atoms with van der Waals surface area (Å²) in [6, 6.07) is 0. The van der Waals surface area contributed by atoms with E-state index in [0.717, 1.165) is 28.7 Å². The zero-order valence-corrected chi connectivity index (χ0v) is 16.5. The molecule has 110 valence electrons. The Morgan fingerprint density at radius 3 is 1.29 bits per heavy atom. The largest absolute Gasteiger partial charge is 1.00 e. The Labute approximate surface area is 136 Å². The minimum atomic E-state index is 0. The number of nitrogens with zero attached hydrogens (tertiary/aromatic N) is 2. The monoisotopic (exact) mass is 444 g/mol. The molecule has 0 unspecified atom stereocenters. The average Bonchev–Trinajstić information content (AvgIpc) is 1.98. The number of rotatable bonds is 5. The molecule has 0 heterocycles. The molecule has 0 aromatic carbocycles. The van der Waals surface area contributed by atoms with Crippen LogP contribution in [0.5, 0.6) is 0 Å². The standard InChI is InChI=1S/C5H13BrNO.C5H14NO.2BrH/c1-7(2,3)4-5-8-6;1-6(2,3)4-5-7;;/h4-5H2,1-3H3;7H,4-5H2,1-3H3;2*1H/q2*+1;;/p-2. The lowest BCUT2D eigenvalue weighted by Gasteiger charge is -2.22. The van der Waals surface area contributed by atoms with Gasteiger partial charge < -0.3 is 51.9 Å². The van der Waals surface area contributed by atoms with Crippen molar-refractivity contribution >= 4 is 16.3 Å². The third-order valence-corrected chi connectivity index (χ3v) is 1.93. The van der Waals surface area contributed by atoms with Crippen molar-refractivity contribution in [2.75, 3.05) is 68.6 Å². The molecule has 0 saturated heterocycles. The molecule has 0 radical (unpaired) electrons. The molecule has 4 nitrogen and oxygen atoms in total. The average molecular weight is 447 g/mol. The summed E-state index contributed by atoms with van der Waals surface area (Å²) in [5, 5.41) is 8.39. The van der Waals surface area contributed by atoms with Gasteiger partial charge in [-0.2, -0.15) is 0 Å². The zero-order chi connectivity index (χ0) is 12.5. The van der Waals surface area contributed by atoms with Crippen molar-refractivity contribution in [3.8, 4) is 0 Å². The number of halogens is 3. The van der Waals surface area contributed by atoms with Gasteiger partial charge in [-0.1, -0.05) is 0 Å². The fourth-order valence-electron chi connectivity index (χ4n) is 0.608. The molecule has 17 heavy (non-hydrogen) atoms. The highest BCUT2D eigenvalue weighted by molar-refractivity contribution is 9.06.